The van der Waals surface area contributed by atoms with Crippen LogP contribution >= 0.6 is 12.2 Å². The highest BCUT2D eigenvalue weighted by Gasteiger charge is 2.28. The van der Waals surface area contributed by atoms with Crippen LogP contribution < -0.4 is 4.74 Å². The molecule has 0 radical (unpaired) electrons. The van der Waals surface area contributed by atoms with Gasteiger partial charge < -0.3 is 19.3 Å². The summed E-state index contributed by atoms with van der Waals surface area (Å²) in [6, 6.07) is 24.3. The molecule has 4 aromatic rings. The molecule has 3 aromatic carbocycles. The lowest BCUT2D eigenvalue weighted by Gasteiger charge is -2.31. The maximum Gasteiger partial charge on any atom is 0.126 e. The molecule has 2 heterocycles. The SMILES string of the molecule is COc1cc(O)cc(Cn2c3c(c4ccccc42)CCN(Cc2ccccc2)C3=S)c1. The highest BCUT2D eigenvalue weighted by atomic mass is 32.1. The van der Waals surface area contributed by atoms with E-state index in [0.29, 0.717) is 12.3 Å². The lowest BCUT2D eigenvalue weighted by molar-refractivity contribution is 0.406. The summed E-state index contributed by atoms with van der Waals surface area (Å²) in [6.07, 6.45) is 0.958. The van der Waals surface area contributed by atoms with E-state index in [1.807, 2.05) is 12.1 Å². The van der Waals surface area contributed by atoms with Gasteiger partial charge in [0.05, 0.1) is 12.8 Å². The van der Waals surface area contributed by atoms with Crippen molar-refractivity contribution in [3.05, 3.63) is 95.2 Å². The molecule has 156 valence electrons. The largest absolute Gasteiger partial charge is 0.508 e. The Hall–Kier alpha value is -3.31. The molecule has 0 spiro atoms. The Balaban J connectivity index is 1.58. The molecule has 0 atom stereocenters. The average Bonchev–Trinajstić information content (AvgIpc) is 3.10. The lowest BCUT2D eigenvalue weighted by Crippen LogP contribution is -2.37. The van der Waals surface area contributed by atoms with E-state index in [1.165, 1.54) is 22.0 Å². The van der Waals surface area contributed by atoms with Crippen LogP contribution in [0.4, 0.5) is 0 Å². The number of fused-ring (bicyclic) bond motifs is 3. The van der Waals surface area contributed by atoms with E-state index in [1.54, 1.807) is 19.2 Å². The maximum absolute atomic E-state index is 10.1. The van der Waals surface area contributed by atoms with Gasteiger partial charge in [-0.2, -0.15) is 0 Å². The van der Waals surface area contributed by atoms with E-state index < -0.39 is 0 Å². The van der Waals surface area contributed by atoms with Crippen LogP contribution in [-0.4, -0.2) is 33.2 Å². The van der Waals surface area contributed by atoms with Gasteiger partial charge >= 0.3 is 0 Å². The van der Waals surface area contributed by atoms with Crippen molar-refractivity contribution >= 4 is 28.1 Å². The molecule has 5 heteroatoms. The smallest absolute Gasteiger partial charge is 0.126 e. The second kappa shape index (κ2) is 8.08. The molecule has 1 N–H and O–H groups in total. The van der Waals surface area contributed by atoms with Crippen molar-refractivity contribution in [2.45, 2.75) is 19.5 Å². The number of phenols is 1. The zero-order valence-corrected chi connectivity index (χ0v) is 18.2. The Kier molecular flexibility index (Phi) is 5.12. The maximum atomic E-state index is 10.1. The van der Waals surface area contributed by atoms with Crippen LogP contribution in [0.3, 0.4) is 0 Å². The minimum atomic E-state index is 0.202. The normalized spacial score (nSPS) is 13.5. The molecule has 1 aliphatic rings. The standard InChI is InChI=1S/C26H24N2O2S/c1-30-21-14-19(13-20(29)15-21)17-28-24-10-6-5-9-22(24)23-11-12-27(26(31)25(23)28)16-18-7-3-2-4-8-18/h2-10,13-15,29H,11-12,16-17H2,1H3. The number of thiocarbonyl (C=S) groups is 1. The highest BCUT2D eigenvalue weighted by molar-refractivity contribution is 7.80. The second-order valence-corrected chi connectivity index (χ2v) is 8.32. The predicted octanol–water partition coefficient (Wildman–Crippen LogP) is 5.14. The van der Waals surface area contributed by atoms with Gasteiger partial charge in [-0.15, -0.1) is 0 Å². The summed E-state index contributed by atoms with van der Waals surface area (Å²) in [4.78, 5) is 3.18. The van der Waals surface area contributed by atoms with Gasteiger partial charge in [-0.05, 0) is 41.3 Å². The Morgan fingerprint density at radius 1 is 0.935 bits per heavy atom. The Morgan fingerprint density at radius 3 is 2.52 bits per heavy atom. The molecule has 0 amide bonds. The first-order valence-electron chi connectivity index (χ1n) is 10.4. The number of ether oxygens (including phenoxy) is 1. The fraction of sp³-hybridized carbons (Fsp3) is 0.192. The number of hydrogen-bond donors (Lipinski definition) is 1. The molecule has 0 saturated carbocycles. The molecular weight excluding hydrogens is 404 g/mol. The van der Waals surface area contributed by atoms with Gasteiger partial charge in [0.25, 0.3) is 0 Å². The summed E-state index contributed by atoms with van der Waals surface area (Å²) in [5.74, 6) is 0.849. The number of benzene rings is 3. The third kappa shape index (κ3) is 3.66. The van der Waals surface area contributed by atoms with Gasteiger partial charge in [-0.1, -0.05) is 60.7 Å². The van der Waals surface area contributed by atoms with Crippen molar-refractivity contribution in [3.8, 4) is 11.5 Å². The number of para-hydroxylation sites is 1. The van der Waals surface area contributed by atoms with Crippen LogP contribution in [0.15, 0.2) is 72.8 Å². The van der Waals surface area contributed by atoms with Crippen LogP contribution in [0.25, 0.3) is 10.9 Å². The van der Waals surface area contributed by atoms with Crippen LogP contribution in [-0.2, 0) is 19.5 Å². The predicted molar refractivity (Wildman–Crippen MR) is 128 cm³/mol. The van der Waals surface area contributed by atoms with E-state index in [0.717, 1.165) is 35.8 Å². The van der Waals surface area contributed by atoms with Crippen LogP contribution in [0, 0.1) is 0 Å². The van der Waals surface area contributed by atoms with Crippen LogP contribution in [0.5, 0.6) is 11.5 Å². The molecule has 5 rings (SSSR count). The van der Waals surface area contributed by atoms with Crippen molar-refractivity contribution in [3.63, 3.8) is 0 Å². The Morgan fingerprint density at radius 2 is 1.71 bits per heavy atom. The summed E-state index contributed by atoms with van der Waals surface area (Å²) in [6.45, 7) is 2.33. The number of rotatable bonds is 5. The molecule has 1 aromatic heterocycles. The quantitative estimate of drug-likeness (QED) is 0.447. The zero-order chi connectivity index (χ0) is 21.4. The van der Waals surface area contributed by atoms with Gasteiger partial charge in [0.1, 0.15) is 16.5 Å². The number of phenolic OH excluding ortho intramolecular Hbond substituents is 1. The van der Waals surface area contributed by atoms with Crippen molar-refractivity contribution in [2.24, 2.45) is 0 Å². The van der Waals surface area contributed by atoms with Crippen molar-refractivity contribution in [1.29, 1.82) is 0 Å². The summed E-state index contributed by atoms with van der Waals surface area (Å²) in [5.41, 5.74) is 5.83. The van der Waals surface area contributed by atoms with E-state index in [4.69, 9.17) is 17.0 Å². The topological polar surface area (TPSA) is 37.6 Å². The minimum Gasteiger partial charge on any atom is -0.508 e. The van der Waals surface area contributed by atoms with Gasteiger partial charge in [0.2, 0.25) is 0 Å². The summed E-state index contributed by atoms with van der Waals surface area (Å²) < 4.78 is 7.65. The van der Waals surface area contributed by atoms with Crippen molar-refractivity contribution in [1.82, 2.24) is 9.47 Å². The first kappa shape index (κ1) is 19.6. The molecule has 0 bridgehead atoms. The van der Waals surface area contributed by atoms with E-state index in [2.05, 4.69) is 58.0 Å². The minimum absolute atomic E-state index is 0.202. The number of methoxy groups -OCH3 is 1. The summed E-state index contributed by atoms with van der Waals surface area (Å²) in [7, 11) is 1.61. The molecule has 0 unspecified atom stereocenters. The monoisotopic (exact) mass is 428 g/mol. The third-order valence-corrected chi connectivity index (χ3v) is 6.39. The zero-order valence-electron chi connectivity index (χ0n) is 17.4. The van der Waals surface area contributed by atoms with E-state index in [9.17, 15) is 5.11 Å². The highest BCUT2D eigenvalue weighted by Crippen LogP contribution is 2.33. The number of aromatic hydroxyl groups is 1. The van der Waals surface area contributed by atoms with Gasteiger partial charge in [0, 0.05) is 36.6 Å². The third-order valence-electron chi connectivity index (χ3n) is 5.94. The summed E-state index contributed by atoms with van der Waals surface area (Å²) in [5, 5.41) is 11.4. The lowest BCUT2D eigenvalue weighted by atomic mass is 10.0. The molecule has 1 aliphatic heterocycles. The molecule has 31 heavy (non-hydrogen) atoms. The first-order valence-corrected chi connectivity index (χ1v) is 10.8. The van der Waals surface area contributed by atoms with Crippen LogP contribution in [0.2, 0.25) is 0 Å². The first-order chi connectivity index (χ1) is 15.1. The number of aromatic nitrogens is 1. The molecular formula is C26H24N2O2S. The second-order valence-electron chi connectivity index (χ2n) is 7.93. The molecule has 0 aliphatic carbocycles. The fourth-order valence-corrected chi connectivity index (χ4v) is 4.91. The number of nitrogens with zero attached hydrogens (tertiary/aromatic N) is 2. The van der Waals surface area contributed by atoms with Crippen molar-refractivity contribution < 1.29 is 9.84 Å². The van der Waals surface area contributed by atoms with Crippen molar-refractivity contribution in [2.75, 3.05) is 13.7 Å². The van der Waals surface area contributed by atoms with E-state index >= 15 is 0 Å². The van der Waals surface area contributed by atoms with E-state index in [-0.39, 0.29) is 5.75 Å². The molecule has 0 fully saturated rings. The molecule has 4 nitrogen and oxygen atoms in total. The average molecular weight is 429 g/mol. The fourth-order valence-electron chi connectivity index (χ4n) is 4.52. The van der Waals surface area contributed by atoms with Gasteiger partial charge in [-0.25, -0.2) is 0 Å². The van der Waals surface area contributed by atoms with Crippen LogP contribution in [0.1, 0.15) is 22.4 Å². The molecule has 0 saturated heterocycles. The number of hydrogen-bond acceptors (Lipinski definition) is 3. The Labute approximate surface area is 187 Å². The van der Waals surface area contributed by atoms with Gasteiger partial charge in [0.15, 0.2) is 0 Å². The Bertz CT molecular complexity index is 1260. The van der Waals surface area contributed by atoms with Gasteiger partial charge in [-0.3, -0.25) is 0 Å². The summed E-state index contributed by atoms with van der Waals surface area (Å²) >= 11 is 6.03.